The number of aliphatic hydroxyl groups excluding tert-OH is 1. The maximum absolute atomic E-state index is 13.1. The van der Waals surface area contributed by atoms with Crippen LogP contribution >= 0.6 is 11.3 Å². The van der Waals surface area contributed by atoms with Gasteiger partial charge in [-0.1, -0.05) is 43.5 Å². The van der Waals surface area contributed by atoms with E-state index >= 15 is 0 Å². The van der Waals surface area contributed by atoms with Crippen molar-refractivity contribution in [1.82, 2.24) is 14.9 Å². The molecule has 0 unspecified atom stereocenters. The molecular weight excluding hydrogens is 434 g/mol. The fraction of sp³-hybridized carbons (Fsp3) is 0.462. The number of benzene rings is 1. The first kappa shape index (κ1) is 25.1. The normalized spacial score (nSPS) is 12.5. The second kappa shape index (κ2) is 11.6. The number of ether oxygens (including phenoxy) is 1. The van der Waals surface area contributed by atoms with E-state index in [-0.39, 0.29) is 18.8 Å². The van der Waals surface area contributed by atoms with Crippen LogP contribution < -0.4 is 5.56 Å². The van der Waals surface area contributed by atoms with E-state index < -0.39 is 6.10 Å². The highest BCUT2D eigenvalue weighted by atomic mass is 32.1. The molecule has 0 bridgehead atoms. The summed E-state index contributed by atoms with van der Waals surface area (Å²) in [6.07, 6.45) is 5.51. The summed E-state index contributed by atoms with van der Waals surface area (Å²) in [5, 5.41) is 13.0. The second-order valence-electron chi connectivity index (χ2n) is 8.95. The van der Waals surface area contributed by atoms with Crippen LogP contribution in [0, 0.1) is 32.1 Å². The number of nitrogens with one attached hydrogen (secondary N) is 1. The molecule has 0 amide bonds. The van der Waals surface area contributed by atoms with Gasteiger partial charge in [0, 0.05) is 17.5 Å². The summed E-state index contributed by atoms with van der Waals surface area (Å²) < 4.78 is 5.28. The number of thiophene rings is 1. The minimum atomic E-state index is -0.668. The number of terminal acetylenes is 1. The van der Waals surface area contributed by atoms with Gasteiger partial charge in [0.25, 0.3) is 5.56 Å². The van der Waals surface area contributed by atoms with E-state index in [1.54, 1.807) is 0 Å². The third-order valence-electron chi connectivity index (χ3n) is 5.53. The Bertz CT molecular complexity index is 1180. The minimum absolute atomic E-state index is 0.132. The number of hydrogen-bond acceptors (Lipinski definition) is 6. The molecule has 1 aromatic carbocycles. The summed E-state index contributed by atoms with van der Waals surface area (Å²) in [6, 6.07) is 6.25. The van der Waals surface area contributed by atoms with E-state index in [1.165, 1.54) is 16.9 Å². The zero-order valence-corrected chi connectivity index (χ0v) is 20.7. The highest BCUT2D eigenvalue weighted by molar-refractivity contribution is 7.17. The van der Waals surface area contributed by atoms with Crippen molar-refractivity contribution < 1.29 is 9.84 Å². The summed E-state index contributed by atoms with van der Waals surface area (Å²) in [5.74, 6) is 3.53. The van der Waals surface area contributed by atoms with Gasteiger partial charge in [-0.25, -0.2) is 4.98 Å². The third kappa shape index (κ3) is 6.75. The van der Waals surface area contributed by atoms with Gasteiger partial charge in [-0.2, -0.15) is 0 Å². The van der Waals surface area contributed by atoms with Gasteiger partial charge in [0.1, 0.15) is 17.3 Å². The quantitative estimate of drug-likeness (QED) is 0.328. The molecule has 0 spiro atoms. The first-order chi connectivity index (χ1) is 15.8. The first-order valence-corrected chi connectivity index (χ1v) is 12.2. The van der Waals surface area contributed by atoms with Crippen LogP contribution in [0.4, 0.5) is 0 Å². The molecule has 0 saturated carbocycles. The van der Waals surface area contributed by atoms with Gasteiger partial charge in [0.2, 0.25) is 0 Å². The highest BCUT2D eigenvalue weighted by Gasteiger charge is 2.18. The summed E-state index contributed by atoms with van der Waals surface area (Å²) in [6.45, 7) is 10.4. The molecular formula is C26H33N3O3S. The van der Waals surface area contributed by atoms with Crippen molar-refractivity contribution in [3.05, 3.63) is 50.9 Å². The van der Waals surface area contributed by atoms with E-state index in [2.05, 4.69) is 61.7 Å². The van der Waals surface area contributed by atoms with Gasteiger partial charge in [0.05, 0.1) is 24.6 Å². The lowest BCUT2D eigenvalue weighted by atomic mass is 9.99. The molecule has 0 aliphatic rings. The van der Waals surface area contributed by atoms with Crippen LogP contribution in [0.1, 0.15) is 37.2 Å². The molecule has 3 aromatic rings. The lowest BCUT2D eigenvalue weighted by Crippen LogP contribution is -2.36. The molecule has 1 atom stereocenters. The number of rotatable bonds is 11. The van der Waals surface area contributed by atoms with E-state index in [4.69, 9.17) is 16.1 Å². The molecule has 0 saturated heterocycles. The van der Waals surface area contributed by atoms with Gasteiger partial charge in [-0.15, -0.1) is 17.8 Å². The smallest absolute Gasteiger partial charge is 0.260 e. The molecule has 0 aliphatic carbocycles. The molecule has 33 heavy (non-hydrogen) atoms. The second-order valence-corrected chi connectivity index (χ2v) is 9.81. The van der Waals surface area contributed by atoms with Crippen LogP contribution in [0.2, 0.25) is 0 Å². The van der Waals surface area contributed by atoms with Crippen molar-refractivity contribution in [3.8, 4) is 23.5 Å². The Labute approximate surface area is 199 Å². The highest BCUT2D eigenvalue weighted by Crippen LogP contribution is 2.33. The van der Waals surface area contributed by atoms with E-state index in [0.717, 1.165) is 34.5 Å². The van der Waals surface area contributed by atoms with E-state index in [0.29, 0.717) is 30.2 Å². The molecule has 2 heterocycles. The van der Waals surface area contributed by atoms with Crippen molar-refractivity contribution in [2.45, 2.75) is 46.8 Å². The number of fused-ring (bicyclic) bond motifs is 1. The zero-order chi connectivity index (χ0) is 24.0. The van der Waals surface area contributed by atoms with Crippen LogP contribution in [0.3, 0.4) is 0 Å². The molecule has 0 radical (unpaired) electrons. The van der Waals surface area contributed by atoms with Crippen LogP contribution in [0.25, 0.3) is 21.3 Å². The lowest BCUT2D eigenvalue weighted by Gasteiger charge is -2.25. The Kier molecular flexibility index (Phi) is 8.81. The molecule has 176 valence electrons. The zero-order valence-electron chi connectivity index (χ0n) is 19.9. The molecule has 7 heteroatoms. The Balaban J connectivity index is 1.84. The summed E-state index contributed by atoms with van der Waals surface area (Å²) in [5.41, 5.74) is 4.18. The van der Waals surface area contributed by atoms with E-state index in [9.17, 15) is 9.90 Å². The number of aromatic nitrogens is 2. The minimum Gasteiger partial charge on any atom is -0.389 e. The Hall–Kier alpha value is -2.50. The number of aliphatic hydroxyl groups is 1. The van der Waals surface area contributed by atoms with Crippen molar-refractivity contribution in [2.75, 3.05) is 26.3 Å². The third-order valence-corrected chi connectivity index (χ3v) is 6.40. The van der Waals surface area contributed by atoms with Crippen LogP contribution in [0.15, 0.2) is 28.4 Å². The maximum atomic E-state index is 13.1. The van der Waals surface area contributed by atoms with Crippen LogP contribution in [0.5, 0.6) is 0 Å². The van der Waals surface area contributed by atoms with Gasteiger partial charge < -0.3 is 14.8 Å². The molecule has 6 nitrogen and oxygen atoms in total. The van der Waals surface area contributed by atoms with Gasteiger partial charge >= 0.3 is 0 Å². The largest absolute Gasteiger partial charge is 0.389 e. The monoisotopic (exact) mass is 467 g/mol. The number of aryl methyl sites for hydroxylation is 2. The lowest BCUT2D eigenvalue weighted by molar-refractivity contribution is 0.0247. The number of aromatic amines is 1. The number of H-pyrrole nitrogens is 1. The molecule has 0 fully saturated rings. The topological polar surface area (TPSA) is 78.5 Å². The van der Waals surface area contributed by atoms with Gasteiger partial charge in [0.15, 0.2) is 0 Å². The average Bonchev–Trinajstić information content (AvgIpc) is 3.16. The van der Waals surface area contributed by atoms with Gasteiger partial charge in [-0.05, 0) is 43.9 Å². The van der Waals surface area contributed by atoms with Crippen molar-refractivity contribution in [2.24, 2.45) is 5.92 Å². The Morgan fingerprint density at radius 2 is 2.09 bits per heavy atom. The van der Waals surface area contributed by atoms with Crippen LogP contribution in [-0.2, 0) is 11.3 Å². The first-order valence-electron chi connectivity index (χ1n) is 11.3. The van der Waals surface area contributed by atoms with Crippen molar-refractivity contribution >= 4 is 21.6 Å². The van der Waals surface area contributed by atoms with Gasteiger partial charge in [-0.3, -0.25) is 9.69 Å². The number of hydrogen-bond donors (Lipinski definition) is 2. The Morgan fingerprint density at radius 1 is 1.30 bits per heavy atom. The predicted octanol–water partition coefficient (Wildman–Crippen LogP) is 4.13. The van der Waals surface area contributed by atoms with E-state index in [1.807, 2.05) is 5.38 Å². The summed E-state index contributed by atoms with van der Waals surface area (Å²) in [4.78, 5) is 23.7. The fourth-order valence-electron chi connectivity index (χ4n) is 3.87. The average molecular weight is 468 g/mol. The molecule has 0 aliphatic heterocycles. The van der Waals surface area contributed by atoms with Crippen LogP contribution in [-0.4, -0.2) is 52.4 Å². The molecule has 2 N–H and O–H groups in total. The standard InChI is InChI=1S/C26H33N3O3S/c1-6-11-32-15-20(30)13-29(10-9-17(2)3)14-23-27-25(31)24-22(16-33-26(24)28-23)21-8-7-18(4)12-19(21)5/h1,7-8,12,16-17,20,30H,9-11,13-15H2,2-5H3,(H,27,28,31)/t20-/m0/s1. The maximum Gasteiger partial charge on any atom is 0.260 e. The SMILES string of the molecule is C#CCOC[C@@H](O)CN(CCC(C)C)Cc1nc2scc(-c3ccc(C)cc3C)c2c(=O)[nH]1. The Morgan fingerprint density at radius 3 is 2.79 bits per heavy atom. The number of nitrogens with zero attached hydrogens (tertiary/aromatic N) is 2. The van der Waals surface area contributed by atoms with Crippen molar-refractivity contribution in [3.63, 3.8) is 0 Å². The van der Waals surface area contributed by atoms with Crippen molar-refractivity contribution in [1.29, 1.82) is 0 Å². The summed E-state index contributed by atoms with van der Waals surface area (Å²) in [7, 11) is 0. The molecule has 3 rings (SSSR count). The summed E-state index contributed by atoms with van der Waals surface area (Å²) >= 11 is 1.49. The molecule has 2 aromatic heterocycles. The fourth-order valence-corrected chi connectivity index (χ4v) is 4.83. The predicted molar refractivity (Wildman–Crippen MR) is 136 cm³/mol.